The van der Waals surface area contributed by atoms with Crippen LogP contribution in [0.15, 0.2) is 52.7 Å². The third-order valence-corrected chi connectivity index (χ3v) is 4.41. The normalized spacial score (nSPS) is 11.2. The van der Waals surface area contributed by atoms with E-state index in [0.29, 0.717) is 35.2 Å². The van der Waals surface area contributed by atoms with Crippen molar-refractivity contribution in [3.05, 3.63) is 53.6 Å². The van der Waals surface area contributed by atoms with Crippen LogP contribution >= 0.6 is 0 Å². The first-order chi connectivity index (χ1) is 13.4. The highest BCUT2D eigenvalue weighted by atomic mass is 16.4. The van der Waals surface area contributed by atoms with Crippen LogP contribution in [0.4, 0.5) is 11.4 Å². The molecule has 0 aliphatic rings. The van der Waals surface area contributed by atoms with E-state index in [1.807, 2.05) is 13.8 Å². The number of hydrogen-bond donors (Lipinski definition) is 3. The lowest BCUT2D eigenvalue weighted by molar-refractivity contribution is 0.0696. The number of rotatable bonds is 6. The van der Waals surface area contributed by atoms with Gasteiger partial charge in [0, 0.05) is 24.0 Å². The fourth-order valence-corrected chi connectivity index (χ4v) is 2.90. The maximum absolute atomic E-state index is 12.6. The van der Waals surface area contributed by atoms with Crippen molar-refractivity contribution in [1.82, 2.24) is 9.88 Å². The smallest absolute Gasteiger partial charge is 0.335 e. The number of carboxylic acids is 1. The van der Waals surface area contributed by atoms with Gasteiger partial charge in [-0.15, -0.1) is 5.11 Å². The maximum atomic E-state index is 12.6. The lowest BCUT2D eigenvalue weighted by Crippen LogP contribution is -2.30. The number of aromatic amines is 1. The first-order valence-electron chi connectivity index (χ1n) is 8.83. The molecular formula is C20H20N4O4. The molecule has 3 N–H and O–H groups in total. The van der Waals surface area contributed by atoms with Gasteiger partial charge in [-0.05, 0) is 50.2 Å². The van der Waals surface area contributed by atoms with E-state index in [1.54, 1.807) is 35.2 Å². The number of nitrogens with one attached hydrogen (secondary N) is 1. The number of hydrogen-bond acceptors (Lipinski definition) is 5. The first kappa shape index (κ1) is 19.1. The summed E-state index contributed by atoms with van der Waals surface area (Å²) in [4.78, 5) is 28.2. The molecule has 0 fully saturated rings. The van der Waals surface area contributed by atoms with E-state index in [1.165, 1.54) is 12.1 Å². The number of H-pyrrole nitrogens is 1. The molecule has 0 unspecified atom stereocenters. The molecule has 0 aliphatic carbocycles. The number of carbonyl (C=O) groups is 2. The molecule has 0 spiro atoms. The molecule has 3 rings (SSSR count). The second kappa shape index (κ2) is 7.91. The van der Waals surface area contributed by atoms with Gasteiger partial charge in [0.2, 0.25) is 5.88 Å². The highest BCUT2D eigenvalue weighted by molar-refractivity contribution is 6.02. The fraction of sp³-hybridized carbons (Fsp3) is 0.200. The van der Waals surface area contributed by atoms with Crippen LogP contribution in [-0.4, -0.2) is 45.1 Å². The summed E-state index contributed by atoms with van der Waals surface area (Å²) in [6, 6.07) is 11.1. The highest BCUT2D eigenvalue weighted by Gasteiger charge is 2.16. The third-order valence-electron chi connectivity index (χ3n) is 4.41. The van der Waals surface area contributed by atoms with E-state index >= 15 is 0 Å². The molecule has 8 heteroatoms. The topological polar surface area (TPSA) is 118 Å². The van der Waals surface area contributed by atoms with Gasteiger partial charge in [-0.3, -0.25) is 4.79 Å². The molecule has 0 radical (unpaired) electrons. The van der Waals surface area contributed by atoms with Crippen LogP contribution in [0, 0.1) is 0 Å². The van der Waals surface area contributed by atoms with Crippen molar-refractivity contribution in [2.45, 2.75) is 13.8 Å². The van der Waals surface area contributed by atoms with Crippen LogP contribution in [0.1, 0.15) is 34.6 Å². The number of amides is 1. The molecule has 1 heterocycles. The Morgan fingerprint density at radius 2 is 1.79 bits per heavy atom. The zero-order valence-corrected chi connectivity index (χ0v) is 15.5. The van der Waals surface area contributed by atoms with Crippen molar-refractivity contribution in [2.75, 3.05) is 13.1 Å². The van der Waals surface area contributed by atoms with Gasteiger partial charge in [-0.1, -0.05) is 6.07 Å². The molecule has 1 aromatic heterocycles. The summed E-state index contributed by atoms with van der Waals surface area (Å²) in [5.74, 6) is -1.35. The summed E-state index contributed by atoms with van der Waals surface area (Å²) in [6.45, 7) is 5.01. The minimum atomic E-state index is -1.06. The Morgan fingerprint density at radius 3 is 2.46 bits per heavy atom. The number of fused-ring (bicyclic) bond motifs is 1. The van der Waals surface area contributed by atoms with Crippen LogP contribution in [0.3, 0.4) is 0 Å². The van der Waals surface area contributed by atoms with Crippen molar-refractivity contribution < 1.29 is 19.8 Å². The van der Waals surface area contributed by atoms with Gasteiger partial charge < -0.3 is 20.1 Å². The van der Waals surface area contributed by atoms with Gasteiger partial charge in [-0.2, -0.15) is 5.11 Å². The third kappa shape index (κ3) is 3.71. The van der Waals surface area contributed by atoms with Gasteiger partial charge in [0.25, 0.3) is 5.91 Å². The van der Waals surface area contributed by atoms with E-state index < -0.39 is 5.97 Å². The Morgan fingerprint density at radius 1 is 1.04 bits per heavy atom. The van der Waals surface area contributed by atoms with Crippen molar-refractivity contribution in [3.63, 3.8) is 0 Å². The quantitative estimate of drug-likeness (QED) is 0.547. The molecular weight excluding hydrogens is 360 g/mol. The standard InChI is InChI=1S/C20H20N4O4/c1-3-24(4-2)19(26)12-8-9-16-15(11-12)17(18(25)21-16)23-22-14-7-5-6-13(10-14)20(27)28/h5-11,21,25H,3-4H2,1-2H3,(H,27,28). The largest absolute Gasteiger partial charge is 0.493 e. The van der Waals surface area contributed by atoms with E-state index in [0.717, 1.165) is 0 Å². The molecule has 0 saturated carbocycles. The van der Waals surface area contributed by atoms with Crippen LogP contribution in [-0.2, 0) is 0 Å². The maximum Gasteiger partial charge on any atom is 0.335 e. The lowest BCUT2D eigenvalue weighted by atomic mass is 10.1. The number of carboxylic acid groups (broad SMARTS) is 1. The van der Waals surface area contributed by atoms with E-state index in [2.05, 4.69) is 15.2 Å². The lowest BCUT2D eigenvalue weighted by Gasteiger charge is -2.18. The van der Waals surface area contributed by atoms with Gasteiger partial charge in [-0.25, -0.2) is 4.79 Å². The summed E-state index contributed by atoms with van der Waals surface area (Å²) >= 11 is 0. The Hall–Kier alpha value is -3.68. The van der Waals surface area contributed by atoms with Crippen molar-refractivity contribution >= 4 is 34.2 Å². The fourth-order valence-electron chi connectivity index (χ4n) is 2.90. The Labute approximate surface area is 161 Å². The van der Waals surface area contributed by atoms with Crippen LogP contribution < -0.4 is 0 Å². The monoisotopic (exact) mass is 380 g/mol. The van der Waals surface area contributed by atoms with Gasteiger partial charge in [0.1, 0.15) is 0 Å². The summed E-state index contributed by atoms with van der Waals surface area (Å²) in [5.41, 5.74) is 1.71. The molecule has 28 heavy (non-hydrogen) atoms. The number of carbonyl (C=O) groups excluding carboxylic acids is 1. The SMILES string of the molecule is CCN(CC)C(=O)c1ccc2[nH]c(O)c(N=Nc3cccc(C(=O)O)c3)c2c1. The first-order valence-corrected chi connectivity index (χ1v) is 8.83. The molecule has 1 amide bonds. The number of benzene rings is 2. The summed E-state index contributed by atoms with van der Waals surface area (Å²) in [6.07, 6.45) is 0. The Kier molecular flexibility index (Phi) is 5.39. The van der Waals surface area contributed by atoms with Crippen molar-refractivity contribution in [1.29, 1.82) is 0 Å². The Balaban J connectivity index is 2.00. The minimum Gasteiger partial charge on any atom is -0.493 e. The minimum absolute atomic E-state index is 0.0895. The molecule has 144 valence electrons. The highest BCUT2D eigenvalue weighted by Crippen LogP contribution is 2.37. The second-order valence-corrected chi connectivity index (χ2v) is 6.12. The summed E-state index contributed by atoms with van der Waals surface area (Å²) < 4.78 is 0. The van der Waals surface area contributed by atoms with Gasteiger partial charge >= 0.3 is 5.97 Å². The number of aromatic nitrogens is 1. The van der Waals surface area contributed by atoms with Crippen molar-refractivity contribution in [3.8, 4) is 5.88 Å². The van der Waals surface area contributed by atoms with E-state index in [9.17, 15) is 14.7 Å². The van der Waals surface area contributed by atoms with E-state index in [-0.39, 0.29) is 23.0 Å². The zero-order valence-electron chi connectivity index (χ0n) is 15.5. The molecule has 8 nitrogen and oxygen atoms in total. The molecule has 3 aromatic rings. The van der Waals surface area contributed by atoms with E-state index in [4.69, 9.17) is 5.11 Å². The van der Waals surface area contributed by atoms with Crippen molar-refractivity contribution in [2.24, 2.45) is 10.2 Å². The zero-order chi connectivity index (χ0) is 20.3. The average molecular weight is 380 g/mol. The Bertz CT molecular complexity index is 1070. The molecule has 0 saturated heterocycles. The van der Waals surface area contributed by atoms with Crippen LogP contribution in [0.5, 0.6) is 5.88 Å². The predicted octanol–water partition coefficient (Wildman–Crippen LogP) is 4.47. The number of aromatic hydroxyl groups is 1. The number of nitrogens with zero attached hydrogens (tertiary/aromatic N) is 3. The van der Waals surface area contributed by atoms with Crippen LogP contribution in [0.2, 0.25) is 0 Å². The summed E-state index contributed by atoms with van der Waals surface area (Å²) in [7, 11) is 0. The van der Waals surface area contributed by atoms with Gasteiger partial charge in [0.15, 0.2) is 5.69 Å². The molecule has 2 aromatic carbocycles. The molecule has 0 aliphatic heterocycles. The number of azo groups is 1. The molecule has 0 bridgehead atoms. The van der Waals surface area contributed by atoms with Crippen LogP contribution in [0.25, 0.3) is 10.9 Å². The average Bonchev–Trinajstić information content (AvgIpc) is 3.01. The summed E-state index contributed by atoms with van der Waals surface area (Å²) in [5, 5.41) is 27.9. The number of aromatic carboxylic acids is 1. The second-order valence-electron chi connectivity index (χ2n) is 6.12. The van der Waals surface area contributed by atoms with Gasteiger partial charge in [0.05, 0.1) is 16.8 Å². The predicted molar refractivity (Wildman–Crippen MR) is 105 cm³/mol. The molecule has 0 atom stereocenters.